The molecule has 1 aromatic carbocycles. The highest BCUT2D eigenvalue weighted by Crippen LogP contribution is 2.20. The predicted octanol–water partition coefficient (Wildman–Crippen LogP) is 2.64. The van der Waals surface area contributed by atoms with Gasteiger partial charge in [0.15, 0.2) is 0 Å². The molecule has 0 bridgehead atoms. The average molecular weight is 215 g/mol. The Morgan fingerprint density at radius 2 is 2.06 bits per heavy atom. The van der Waals surface area contributed by atoms with Gasteiger partial charge in [0.05, 0.1) is 17.9 Å². The van der Waals surface area contributed by atoms with E-state index >= 15 is 0 Å². The Hall–Kier alpha value is -2.03. The van der Waals surface area contributed by atoms with Crippen LogP contribution < -0.4 is 4.74 Å². The van der Waals surface area contributed by atoms with E-state index < -0.39 is 0 Å². The molecule has 1 aromatic heterocycles. The van der Waals surface area contributed by atoms with Gasteiger partial charge in [-0.2, -0.15) is 0 Å². The SMILES string of the molecule is CCOc1ccccc1C(=O)c1ccc[nH]1. The molecule has 82 valence electrons. The minimum absolute atomic E-state index is 0.0472. The van der Waals surface area contributed by atoms with E-state index in [1.807, 2.05) is 19.1 Å². The Bertz CT molecular complexity index is 474. The molecule has 2 aromatic rings. The van der Waals surface area contributed by atoms with E-state index in [1.165, 1.54) is 0 Å². The standard InChI is InChI=1S/C13H13NO2/c1-2-16-12-8-4-3-6-10(12)13(15)11-7-5-9-14-11/h3-9,14H,2H2,1H3. The topological polar surface area (TPSA) is 42.1 Å². The van der Waals surface area contributed by atoms with Gasteiger partial charge in [0.1, 0.15) is 5.75 Å². The highest BCUT2D eigenvalue weighted by atomic mass is 16.5. The number of hydrogen-bond donors (Lipinski definition) is 1. The summed E-state index contributed by atoms with van der Waals surface area (Å²) < 4.78 is 5.42. The molecule has 0 atom stereocenters. The third-order valence-electron chi connectivity index (χ3n) is 2.27. The molecule has 0 aliphatic rings. The second kappa shape index (κ2) is 4.66. The first kappa shape index (κ1) is 10.5. The molecule has 2 rings (SSSR count). The van der Waals surface area contributed by atoms with E-state index in [1.54, 1.807) is 30.5 Å². The van der Waals surface area contributed by atoms with Crippen molar-refractivity contribution in [3.05, 3.63) is 53.9 Å². The van der Waals surface area contributed by atoms with Crippen LogP contribution in [0.5, 0.6) is 5.75 Å². The highest BCUT2D eigenvalue weighted by molar-refractivity contribution is 6.09. The van der Waals surface area contributed by atoms with Gasteiger partial charge in [-0.15, -0.1) is 0 Å². The van der Waals surface area contributed by atoms with Crippen LogP contribution in [0.25, 0.3) is 0 Å². The number of ketones is 1. The lowest BCUT2D eigenvalue weighted by atomic mass is 10.1. The van der Waals surface area contributed by atoms with Crippen LogP contribution >= 0.6 is 0 Å². The number of carbonyl (C=O) groups excluding carboxylic acids is 1. The first-order chi connectivity index (χ1) is 7.83. The number of aromatic nitrogens is 1. The molecule has 0 spiro atoms. The van der Waals surface area contributed by atoms with Crippen molar-refractivity contribution in [1.82, 2.24) is 4.98 Å². The monoisotopic (exact) mass is 215 g/mol. The van der Waals surface area contributed by atoms with Crippen molar-refractivity contribution >= 4 is 5.78 Å². The summed E-state index contributed by atoms with van der Waals surface area (Å²) in [5.41, 5.74) is 1.17. The number of aromatic amines is 1. The number of ether oxygens (including phenoxy) is 1. The fraction of sp³-hybridized carbons (Fsp3) is 0.154. The van der Waals surface area contributed by atoms with Gasteiger partial charge in [0.2, 0.25) is 5.78 Å². The van der Waals surface area contributed by atoms with Crippen LogP contribution in [0.15, 0.2) is 42.6 Å². The molecule has 1 N–H and O–H groups in total. The molecule has 0 radical (unpaired) electrons. The quantitative estimate of drug-likeness (QED) is 0.796. The van der Waals surface area contributed by atoms with Gasteiger partial charge in [-0.1, -0.05) is 12.1 Å². The lowest BCUT2D eigenvalue weighted by molar-refractivity contribution is 0.103. The lowest BCUT2D eigenvalue weighted by Crippen LogP contribution is -2.05. The largest absolute Gasteiger partial charge is 0.493 e. The Labute approximate surface area is 94.1 Å². The van der Waals surface area contributed by atoms with Crippen molar-refractivity contribution in [3.8, 4) is 5.75 Å². The second-order valence-corrected chi connectivity index (χ2v) is 3.34. The number of H-pyrrole nitrogens is 1. The lowest BCUT2D eigenvalue weighted by Gasteiger charge is -2.07. The van der Waals surface area contributed by atoms with Crippen molar-refractivity contribution in [1.29, 1.82) is 0 Å². The molecule has 0 saturated heterocycles. The molecular weight excluding hydrogens is 202 g/mol. The predicted molar refractivity (Wildman–Crippen MR) is 61.8 cm³/mol. The first-order valence-electron chi connectivity index (χ1n) is 5.23. The minimum Gasteiger partial charge on any atom is -0.493 e. The van der Waals surface area contributed by atoms with E-state index in [0.717, 1.165) is 0 Å². The summed E-state index contributed by atoms with van der Waals surface area (Å²) in [5, 5.41) is 0. The first-order valence-corrected chi connectivity index (χ1v) is 5.23. The van der Waals surface area contributed by atoms with Crippen molar-refractivity contribution < 1.29 is 9.53 Å². The molecule has 1 heterocycles. The molecule has 0 amide bonds. The Morgan fingerprint density at radius 3 is 2.75 bits per heavy atom. The molecule has 0 unspecified atom stereocenters. The van der Waals surface area contributed by atoms with Gasteiger partial charge < -0.3 is 9.72 Å². The average Bonchev–Trinajstić information content (AvgIpc) is 2.83. The van der Waals surface area contributed by atoms with E-state index in [9.17, 15) is 4.79 Å². The summed E-state index contributed by atoms with van der Waals surface area (Å²) >= 11 is 0. The van der Waals surface area contributed by atoms with Crippen molar-refractivity contribution in [2.45, 2.75) is 6.92 Å². The van der Waals surface area contributed by atoms with Crippen LogP contribution in [0.1, 0.15) is 23.0 Å². The highest BCUT2D eigenvalue weighted by Gasteiger charge is 2.14. The number of benzene rings is 1. The van der Waals surface area contributed by atoms with Gasteiger partial charge in [-0.3, -0.25) is 4.79 Å². The van der Waals surface area contributed by atoms with E-state index in [4.69, 9.17) is 4.74 Å². The third kappa shape index (κ3) is 1.98. The zero-order valence-corrected chi connectivity index (χ0v) is 9.07. The molecule has 0 saturated carbocycles. The molecule has 0 aliphatic carbocycles. The van der Waals surface area contributed by atoms with Gasteiger partial charge in [-0.25, -0.2) is 0 Å². The normalized spacial score (nSPS) is 10.1. The van der Waals surface area contributed by atoms with Gasteiger partial charge in [0.25, 0.3) is 0 Å². The smallest absolute Gasteiger partial charge is 0.212 e. The number of nitrogens with one attached hydrogen (secondary N) is 1. The van der Waals surface area contributed by atoms with Crippen molar-refractivity contribution in [2.24, 2.45) is 0 Å². The fourth-order valence-electron chi connectivity index (χ4n) is 1.55. The summed E-state index contributed by atoms with van der Waals surface area (Å²) in [4.78, 5) is 15.0. The fourth-order valence-corrected chi connectivity index (χ4v) is 1.55. The molecule has 16 heavy (non-hydrogen) atoms. The van der Waals surface area contributed by atoms with Gasteiger partial charge in [0, 0.05) is 6.20 Å². The van der Waals surface area contributed by atoms with Crippen molar-refractivity contribution in [3.63, 3.8) is 0 Å². The second-order valence-electron chi connectivity index (χ2n) is 3.34. The third-order valence-corrected chi connectivity index (χ3v) is 2.27. The van der Waals surface area contributed by atoms with Gasteiger partial charge in [-0.05, 0) is 31.2 Å². The molecule has 3 nitrogen and oxygen atoms in total. The molecule has 0 fully saturated rings. The zero-order chi connectivity index (χ0) is 11.4. The summed E-state index contributed by atoms with van der Waals surface area (Å²) in [6.07, 6.45) is 1.73. The molecule has 0 aliphatic heterocycles. The molecule has 3 heteroatoms. The van der Waals surface area contributed by atoms with E-state index in [0.29, 0.717) is 23.6 Å². The minimum atomic E-state index is -0.0472. The van der Waals surface area contributed by atoms with Crippen LogP contribution in [0.2, 0.25) is 0 Å². The van der Waals surface area contributed by atoms with Crippen LogP contribution in [-0.4, -0.2) is 17.4 Å². The summed E-state index contributed by atoms with van der Waals surface area (Å²) in [5.74, 6) is 0.582. The Morgan fingerprint density at radius 1 is 1.25 bits per heavy atom. The van der Waals surface area contributed by atoms with Gasteiger partial charge >= 0.3 is 0 Å². The molecular formula is C13H13NO2. The van der Waals surface area contributed by atoms with Crippen molar-refractivity contribution in [2.75, 3.05) is 6.61 Å². The van der Waals surface area contributed by atoms with Crippen LogP contribution in [0.4, 0.5) is 0 Å². The number of hydrogen-bond acceptors (Lipinski definition) is 2. The number of carbonyl (C=O) groups is 1. The summed E-state index contributed by atoms with van der Waals surface area (Å²) in [7, 11) is 0. The number of para-hydroxylation sites is 1. The van der Waals surface area contributed by atoms with E-state index in [-0.39, 0.29) is 5.78 Å². The number of rotatable bonds is 4. The zero-order valence-electron chi connectivity index (χ0n) is 9.07. The van der Waals surface area contributed by atoms with Crippen LogP contribution in [-0.2, 0) is 0 Å². The Kier molecular flexibility index (Phi) is 3.05. The maximum absolute atomic E-state index is 12.1. The van der Waals surface area contributed by atoms with E-state index in [2.05, 4.69) is 4.98 Å². The van der Waals surface area contributed by atoms with Crippen LogP contribution in [0, 0.1) is 0 Å². The maximum Gasteiger partial charge on any atom is 0.212 e. The maximum atomic E-state index is 12.1. The Balaban J connectivity index is 2.36. The summed E-state index contributed by atoms with van der Waals surface area (Å²) in [6, 6.07) is 10.8. The summed E-state index contributed by atoms with van der Waals surface area (Å²) in [6.45, 7) is 2.45. The van der Waals surface area contributed by atoms with Crippen LogP contribution in [0.3, 0.4) is 0 Å².